The molecule has 1 aliphatic rings. The molecule has 2 rings (SSSR count). The molecule has 96 valence electrons. The summed E-state index contributed by atoms with van der Waals surface area (Å²) in [6, 6.07) is 4.87. The van der Waals surface area contributed by atoms with Crippen LogP contribution in [0, 0.1) is 5.41 Å². The van der Waals surface area contributed by atoms with Crippen LogP contribution in [0.5, 0.6) is 5.75 Å². The maximum Gasteiger partial charge on any atom is 0.309 e. The molecule has 0 amide bonds. The van der Waals surface area contributed by atoms with E-state index in [1.54, 1.807) is 19.1 Å². The molecule has 1 aromatic rings. The van der Waals surface area contributed by atoms with Crippen molar-refractivity contribution in [3.63, 3.8) is 0 Å². The quantitative estimate of drug-likeness (QED) is 0.432. The molecule has 0 unspecified atom stereocenters. The number of hydrogen-bond donors (Lipinski definition) is 3. The monoisotopic (exact) mass is 249 g/mol. The van der Waals surface area contributed by atoms with E-state index in [4.69, 9.17) is 10.3 Å². The van der Waals surface area contributed by atoms with Gasteiger partial charge in [0.15, 0.2) is 0 Å². The lowest BCUT2D eigenvalue weighted by atomic mass is 9.94. The number of phenolic OH excluding ortho intramolecular Hbond substituents is 1. The fourth-order valence-corrected chi connectivity index (χ4v) is 2.04. The van der Waals surface area contributed by atoms with Gasteiger partial charge in [-0.15, -0.1) is 0 Å². The van der Waals surface area contributed by atoms with E-state index < -0.39 is 11.4 Å². The molecule has 0 aromatic heterocycles. The van der Waals surface area contributed by atoms with Crippen molar-refractivity contribution >= 4 is 11.7 Å². The van der Waals surface area contributed by atoms with Crippen molar-refractivity contribution in [2.75, 3.05) is 0 Å². The number of aliphatic carboxylic acids is 1. The molecule has 0 heterocycles. The van der Waals surface area contributed by atoms with Crippen LogP contribution in [0.2, 0.25) is 0 Å². The fraction of sp³-hybridized carbons (Fsp3) is 0.385. The Morgan fingerprint density at radius 2 is 2.11 bits per heavy atom. The number of aromatic hydroxyl groups is 1. The summed E-state index contributed by atoms with van der Waals surface area (Å²) in [4.78, 5) is 11.1. The molecule has 18 heavy (non-hydrogen) atoms. The van der Waals surface area contributed by atoms with Crippen molar-refractivity contribution < 1.29 is 20.2 Å². The van der Waals surface area contributed by atoms with Gasteiger partial charge in [0.2, 0.25) is 0 Å². The molecule has 0 saturated heterocycles. The van der Waals surface area contributed by atoms with Crippen molar-refractivity contribution in [1.29, 1.82) is 0 Å². The number of carboxylic acid groups (broad SMARTS) is 1. The zero-order valence-corrected chi connectivity index (χ0v) is 10.1. The molecule has 1 aromatic carbocycles. The number of nitrogens with zero attached hydrogens (tertiary/aromatic N) is 1. The number of phenols is 1. The van der Waals surface area contributed by atoms with Crippen molar-refractivity contribution in [1.82, 2.24) is 0 Å². The fourth-order valence-electron chi connectivity index (χ4n) is 2.04. The molecule has 0 bridgehead atoms. The molecule has 5 heteroatoms. The Kier molecular flexibility index (Phi) is 2.98. The van der Waals surface area contributed by atoms with E-state index in [1.807, 2.05) is 0 Å². The van der Waals surface area contributed by atoms with Crippen LogP contribution in [-0.2, 0) is 11.2 Å². The van der Waals surface area contributed by atoms with Gasteiger partial charge in [0.25, 0.3) is 0 Å². The summed E-state index contributed by atoms with van der Waals surface area (Å²) in [6.45, 7) is 1.57. The van der Waals surface area contributed by atoms with E-state index in [1.165, 1.54) is 6.07 Å². The number of oxime groups is 1. The molecule has 0 spiro atoms. The van der Waals surface area contributed by atoms with Crippen molar-refractivity contribution in [2.45, 2.75) is 26.2 Å². The predicted molar refractivity (Wildman–Crippen MR) is 65.1 cm³/mol. The lowest BCUT2D eigenvalue weighted by Crippen LogP contribution is -2.17. The van der Waals surface area contributed by atoms with Gasteiger partial charge in [-0.1, -0.05) is 11.2 Å². The van der Waals surface area contributed by atoms with Gasteiger partial charge in [0.1, 0.15) is 5.75 Å². The van der Waals surface area contributed by atoms with Gasteiger partial charge in [-0.05, 0) is 43.9 Å². The Bertz CT molecular complexity index is 518. The van der Waals surface area contributed by atoms with E-state index in [2.05, 4.69) is 5.16 Å². The first kappa shape index (κ1) is 12.4. The third-order valence-corrected chi connectivity index (χ3v) is 3.45. The minimum absolute atomic E-state index is 0.0224. The zero-order valence-electron chi connectivity index (χ0n) is 10.1. The normalized spacial score (nSPS) is 17.5. The first-order chi connectivity index (χ1) is 8.48. The van der Waals surface area contributed by atoms with E-state index in [-0.39, 0.29) is 5.75 Å². The van der Waals surface area contributed by atoms with Crippen molar-refractivity contribution in [3.8, 4) is 5.75 Å². The van der Waals surface area contributed by atoms with Gasteiger partial charge in [0, 0.05) is 5.56 Å². The van der Waals surface area contributed by atoms with E-state index in [0.29, 0.717) is 30.5 Å². The van der Waals surface area contributed by atoms with Crippen LogP contribution in [-0.4, -0.2) is 27.1 Å². The minimum Gasteiger partial charge on any atom is -0.507 e. The number of rotatable bonds is 4. The molecule has 0 aliphatic heterocycles. The highest BCUT2D eigenvalue weighted by Crippen LogP contribution is 2.48. The Morgan fingerprint density at radius 3 is 2.61 bits per heavy atom. The summed E-state index contributed by atoms with van der Waals surface area (Å²) in [5.74, 6) is -0.751. The maximum absolute atomic E-state index is 11.1. The summed E-state index contributed by atoms with van der Waals surface area (Å²) < 4.78 is 0. The minimum atomic E-state index is -0.773. The Balaban J connectivity index is 2.28. The lowest BCUT2D eigenvalue weighted by molar-refractivity contribution is -0.143. The summed E-state index contributed by atoms with van der Waals surface area (Å²) in [6.07, 6.45) is 1.81. The average Bonchev–Trinajstić information content (AvgIpc) is 3.12. The van der Waals surface area contributed by atoms with Crippen LogP contribution in [0.1, 0.15) is 30.9 Å². The maximum atomic E-state index is 11.1. The van der Waals surface area contributed by atoms with Crippen LogP contribution in [0.3, 0.4) is 0 Å². The standard InChI is InChI=1S/C13H15NO4/c1-8(14-18)10-6-9(2-3-11(10)15)7-13(4-5-13)12(16)17/h2-3,6,15,18H,4-5,7H2,1H3,(H,16,17). The third kappa shape index (κ3) is 2.16. The molecular formula is C13H15NO4. The largest absolute Gasteiger partial charge is 0.507 e. The molecular weight excluding hydrogens is 234 g/mol. The second kappa shape index (κ2) is 4.33. The van der Waals surface area contributed by atoms with Gasteiger partial charge in [0.05, 0.1) is 11.1 Å². The van der Waals surface area contributed by atoms with Gasteiger partial charge in [-0.3, -0.25) is 4.79 Å². The van der Waals surface area contributed by atoms with Gasteiger partial charge < -0.3 is 15.4 Å². The lowest BCUT2D eigenvalue weighted by Gasteiger charge is -2.11. The topological polar surface area (TPSA) is 90.1 Å². The Morgan fingerprint density at radius 1 is 1.44 bits per heavy atom. The van der Waals surface area contributed by atoms with Gasteiger partial charge >= 0.3 is 5.97 Å². The van der Waals surface area contributed by atoms with Crippen LogP contribution >= 0.6 is 0 Å². The summed E-state index contributed by atoms with van der Waals surface area (Å²) >= 11 is 0. The van der Waals surface area contributed by atoms with Crippen molar-refractivity contribution in [2.24, 2.45) is 10.6 Å². The summed E-state index contributed by atoms with van der Waals surface area (Å²) in [7, 11) is 0. The third-order valence-electron chi connectivity index (χ3n) is 3.45. The number of hydrogen-bond acceptors (Lipinski definition) is 4. The van der Waals surface area contributed by atoms with E-state index in [9.17, 15) is 9.90 Å². The summed E-state index contributed by atoms with van der Waals surface area (Å²) in [5.41, 5.74) is 0.912. The van der Waals surface area contributed by atoms with Crippen LogP contribution in [0.15, 0.2) is 23.4 Å². The van der Waals surface area contributed by atoms with Crippen LogP contribution < -0.4 is 0 Å². The molecule has 1 fully saturated rings. The number of benzene rings is 1. The average molecular weight is 249 g/mol. The highest BCUT2D eigenvalue weighted by Gasteiger charge is 2.49. The highest BCUT2D eigenvalue weighted by atomic mass is 16.4. The molecule has 0 radical (unpaired) electrons. The number of carbonyl (C=O) groups is 1. The smallest absolute Gasteiger partial charge is 0.309 e. The molecule has 1 aliphatic carbocycles. The van der Waals surface area contributed by atoms with E-state index in [0.717, 1.165) is 5.56 Å². The number of carboxylic acids is 1. The molecule has 5 nitrogen and oxygen atoms in total. The molecule has 1 saturated carbocycles. The van der Waals surface area contributed by atoms with E-state index >= 15 is 0 Å². The predicted octanol–water partition coefficient (Wildman–Crippen LogP) is 2.00. The molecule has 0 atom stereocenters. The second-order valence-electron chi connectivity index (χ2n) is 4.80. The van der Waals surface area contributed by atoms with Crippen LogP contribution in [0.4, 0.5) is 0 Å². The SMILES string of the molecule is CC(=NO)c1cc(CC2(C(=O)O)CC2)ccc1O. The zero-order chi connectivity index (χ0) is 13.3. The first-order valence-corrected chi connectivity index (χ1v) is 5.73. The Hall–Kier alpha value is -2.04. The Labute approximate surface area is 104 Å². The second-order valence-corrected chi connectivity index (χ2v) is 4.80. The van der Waals surface area contributed by atoms with Gasteiger partial charge in [-0.25, -0.2) is 0 Å². The van der Waals surface area contributed by atoms with Crippen LogP contribution in [0.25, 0.3) is 0 Å². The summed E-state index contributed by atoms with van der Waals surface area (Å²) in [5, 5.41) is 30.6. The first-order valence-electron chi connectivity index (χ1n) is 5.73. The highest BCUT2D eigenvalue weighted by molar-refractivity contribution is 6.00. The molecule has 3 N–H and O–H groups in total. The van der Waals surface area contributed by atoms with Crippen molar-refractivity contribution in [3.05, 3.63) is 29.3 Å². The van der Waals surface area contributed by atoms with Gasteiger partial charge in [-0.2, -0.15) is 0 Å².